The molecule has 8 heteroatoms. The van der Waals surface area contributed by atoms with Gasteiger partial charge in [0.1, 0.15) is 0 Å². The largest absolute Gasteiger partial charge is 0.352 e. The zero-order valence-corrected chi connectivity index (χ0v) is 19.5. The van der Waals surface area contributed by atoms with Crippen molar-refractivity contribution in [2.45, 2.75) is 69.2 Å². The summed E-state index contributed by atoms with van der Waals surface area (Å²) in [6.07, 6.45) is 8.73. The first-order valence-electron chi connectivity index (χ1n) is 11.2. The number of carbonyl (C=O) groups excluding carboxylic acids is 1. The minimum absolute atomic E-state index is 0.136. The lowest BCUT2D eigenvalue weighted by atomic mass is 10.1. The molecule has 2 saturated heterocycles. The van der Waals surface area contributed by atoms with Crippen molar-refractivity contribution >= 4 is 27.5 Å². The number of halogens is 1. The molecule has 1 N–H and O–H groups in total. The molecule has 2 aliphatic rings. The van der Waals surface area contributed by atoms with Gasteiger partial charge in [0.05, 0.1) is 15.5 Å². The maximum absolute atomic E-state index is 12.9. The van der Waals surface area contributed by atoms with E-state index in [9.17, 15) is 13.2 Å². The second-order valence-electron chi connectivity index (χ2n) is 8.45. The maximum atomic E-state index is 12.9. The van der Waals surface area contributed by atoms with Crippen molar-refractivity contribution in [3.63, 3.8) is 0 Å². The summed E-state index contributed by atoms with van der Waals surface area (Å²) in [7, 11) is -3.60. The number of nitrogens with one attached hydrogen (secondary N) is 1. The van der Waals surface area contributed by atoms with Crippen molar-refractivity contribution in [2.75, 3.05) is 32.7 Å². The third kappa shape index (κ3) is 5.96. The Labute approximate surface area is 186 Å². The number of nitrogens with zero attached hydrogens (tertiary/aromatic N) is 2. The molecule has 1 aromatic carbocycles. The number of rotatable bonds is 7. The molecular weight excluding hydrogens is 422 g/mol. The molecule has 2 heterocycles. The van der Waals surface area contributed by atoms with Crippen molar-refractivity contribution in [1.29, 1.82) is 0 Å². The van der Waals surface area contributed by atoms with Crippen LogP contribution in [0.25, 0.3) is 0 Å². The molecule has 0 saturated carbocycles. The van der Waals surface area contributed by atoms with Crippen LogP contribution in [0.3, 0.4) is 0 Å². The molecule has 0 aliphatic carbocycles. The number of likely N-dealkylation sites (tertiary alicyclic amines) is 1. The van der Waals surface area contributed by atoms with Crippen LogP contribution in [0.1, 0.15) is 68.6 Å². The van der Waals surface area contributed by atoms with Crippen molar-refractivity contribution in [3.05, 3.63) is 28.8 Å². The third-order valence-corrected chi connectivity index (χ3v) is 8.47. The van der Waals surface area contributed by atoms with E-state index in [1.54, 1.807) is 0 Å². The molecule has 2 aliphatic heterocycles. The standard InChI is InChI=1S/C22H34ClN3O3S/c1-18(25-13-5-2-3-6-14-25)11-12-24-22(27)20-17-19(9-10-21(20)23)30(28,29)26-15-7-4-8-16-26/h9-10,17-18H,2-8,11-16H2,1H3,(H,24,27)/t18-/m0/s1. The highest BCUT2D eigenvalue weighted by Gasteiger charge is 2.27. The Morgan fingerprint density at radius 2 is 1.63 bits per heavy atom. The van der Waals surface area contributed by atoms with Crippen LogP contribution in [0.2, 0.25) is 5.02 Å². The van der Waals surface area contributed by atoms with Crippen LogP contribution in [0.15, 0.2) is 23.1 Å². The number of sulfonamides is 1. The molecule has 0 radical (unpaired) electrons. The molecule has 0 unspecified atom stereocenters. The number of hydrogen-bond donors (Lipinski definition) is 1. The number of amides is 1. The molecule has 6 nitrogen and oxygen atoms in total. The summed E-state index contributed by atoms with van der Waals surface area (Å²) >= 11 is 6.23. The van der Waals surface area contributed by atoms with E-state index in [2.05, 4.69) is 17.1 Å². The van der Waals surface area contributed by atoms with Gasteiger partial charge in [0.2, 0.25) is 10.0 Å². The summed E-state index contributed by atoms with van der Waals surface area (Å²) in [6, 6.07) is 4.82. The average Bonchev–Trinajstić information content (AvgIpc) is 3.04. The molecule has 1 aromatic rings. The number of carbonyl (C=O) groups is 1. The molecule has 168 valence electrons. The SMILES string of the molecule is C[C@@H](CCNC(=O)c1cc(S(=O)(=O)N2CCCCC2)ccc1Cl)N1CCCCCC1. The minimum Gasteiger partial charge on any atom is -0.352 e. The lowest BCUT2D eigenvalue weighted by molar-refractivity contribution is 0.0948. The highest BCUT2D eigenvalue weighted by molar-refractivity contribution is 7.89. The Morgan fingerprint density at radius 1 is 1.03 bits per heavy atom. The predicted octanol–water partition coefficient (Wildman–Crippen LogP) is 3.90. The molecule has 1 atom stereocenters. The molecule has 1 amide bonds. The van der Waals surface area contributed by atoms with Crippen LogP contribution < -0.4 is 5.32 Å². The van der Waals surface area contributed by atoms with E-state index in [0.717, 1.165) is 38.8 Å². The fourth-order valence-electron chi connectivity index (χ4n) is 4.30. The highest BCUT2D eigenvalue weighted by Crippen LogP contribution is 2.25. The van der Waals surface area contributed by atoms with Gasteiger partial charge >= 0.3 is 0 Å². The Balaban J connectivity index is 1.60. The maximum Gasteiger partial charge on any atom is 0.252 e. The zero-order valence-electron chi connectivity index (χ0n) is 17.9. The van der Waals surface area contributed by atoms with Crippen LogP contribution in [0.4, 0.5) is 0 Å². The first kappa shape index (κ1) is 23.5. The molecule has 0 aromatic heterocycles. The van der Waals surface area contributed by atoms with E-state index in [4.69, 9.17) is 11.6 Å². The number of benzene rings is 1. The van der Waals surface area contributed by atoms with Gasteiger partial charge in [-0.3, -0.25) is 4.79 Å². The summed E-state index contributed by atoms with van der Waals surface area (Å²) in [5.74, 6) is -0.321. The summed E-state index contributed by atoms with van der Waals surface area (Å²) in [5, 5.41) is 3.19. The Hall–Kier alpha value is -1.15. The number of piperidine rings is 1. The second-order valence-corrected chi connectivity index (χ2v) is 10.8. The van der Waals surface area contributed by atoms with Gasteiger partial charge in [0.25, 0.3) is 5.91 Å². The van der Waals surface area contributed by atoms with Crippen LogP contribution >= 0.6 is 11.6 Å². The second kappa shape index (κ2) is 10.9. The normalized spacial score (nSPS) is 20.5. The Morgan fingerprint density at radius 3 is 2.30 bits per heavy atom. The molecule has 0 bridgehead atoms. The zero-order chi connectivity index (χ0) is 21.6. The Bertz CT molecular complexity index is 817. The summed E-state index contributed by atoms with van der Waals surface area (Å²) in [5.41, 5.74) is 0.220. The first-order valence-corrected chi connectivity index (χ1v) is 13.0. The summed E-state index contributed by atoms with van der Waals surface area (Å²) < 4.78 is 27.4. The third-order valence-electron chi connectivity index (χ3n) is 6.25. The van der Waals surface area contributed by atoms with E-state index in [0.29, 0.717) is 25.7 Å². The quantitative estimate of drug-likeness (QED) is 0.676. The van der Waals surface area contributed by atoms with Gasteiger partial charge in [-0.1, -0.05) is 30.9 Å². The van der Waals surface area contributed by atoms with E-state index >= 15 is 0 Å². The van der Waals surface area contributed by atoms with E-state index in [1.807, 2.05) is 0 Å². The van der Waals surface area contributed by atoms with Crippen LogP contribution in [0.5, 0.6) is 0 Å². The van der Waals surface area contributed by atoms with Gasteiger partial charge in [-0.05, 0) is 70.3 Å². The monoisotopic (exact) mass is 455 g/mol. The van der Waals surface area contributed by atoms with Crippen molar-refractivity contribution < 1.29 is 13.2 Å². The van der Waals surface area contributed by atoms with Crippen LogP contribution in [-0.2, 0) is 10.0 Å². The topological polar surface area (TPSA) is 69.7 Å². The fraction of sp³-hybridized carbons (Fsp3) is 0.682. The van der Waals surface area contributed by atoms with Gasteiger partial charge in [-0.15, -0.1) is 0 Å². The van der Waals surface area contributed by atoms with Crippen molar-refractivity contribution in [1.82, 2.24) is 14.5 Å². The average molecular weight is 456 g/mol. The minimum atomic E-state index is -3.60. The fourth-order valence-corrected chi connectivity index (χ4v) is 6.05. The van der Waals surface area contributed by atoms with Gasteiger partial charge in [-0.2, -0.15) is 4.31 Å². The number of hydrogen-bond acceptors (Lipinski definition) is 4. The smallest absolute Gasteiger partial charge is 0.252 e. The molecule has 3 rings (SSSR count). The van der Waals surface area contributed by atoms with Crippen LogP contribution in [-0.4, -0.2) is 62.3 Å². The summed E-state index contributed by atoms with van der Waals surface area (Å²) in [4.78, 5) is 15.4. The van der Waals surface area contributed by atoms with E-state index in [-0.39, 0.29) is 21.4 Å². The van der Waals surface area contributed by atoms with Crippen molar-refractivity contribution in [2.24, 2.45) is 0 Å². The van der Waals surface area contributed by atoms with E-state index < -0.39 is 10.0 Å². The molecule has 2 fully saturated rings. The van der Waals surface area contributed by atoms with Crippen LogP contribution in [0, 0.1) is 0 Å². The van der Waals surface area contributed by atoms with Gasteiger partial charge in [-0.25, -0.2) is 8.42 Å². The molecule has 0 spiro atoms. The lowest BCUT2D eigenvalue weighted by Crippen LogP contribution is -2.37. The van der Waals surface area contributed by atoms with Crippen molar-refractivity contribution in [3.8, 4) is 0 Å². The van der Waals surface area contributed by atoms with Gasteiger partial charge in [0.15, 0.2) is 0 Å². The summed E-state index contributed by atoms with van der Waals surface area (Å²) in [6.45, 7) is 6.04. The van der Waals surface area contributed by atoms with Gasteiger partial charge < -0.3 is 10.2 Å². The lowest BCUT2D eigenvalue weighted by Gasteiger charge is -2.27. The first-order chi connectivity index (χ1) is 14.4. The predicted molar refractivity (Wildman–Crippen MR) is 121 cm³/mol. The highest BCUT2D eigenvalue weighted by atomic mass is 35.5. The molecule has 30 heavy (non-hydrogen) atoms. The van der Waals surface area contributed by atoms with E-state index in [1.165, 1.54) is 48.2 Å². The Kier molecular flexibility index (Phi) is 8.57. The molecular formula is C22H34ClN3O3S. The van der Waals surface area contributed by atoms with Gasteiger partial charge in [0, 0.05) is 25.7 Å².